The number of carbonyl (C=O) groups is 1. The van der Waals surface area contributed by atoms with E-state index in [-0.39, 0.29) is 17.7 Å². The highest BCUT2D eigenvalue weighted by molar-refractivity contribution is 9.10. The Morgan fingerprint density at radius 1 is 0.867 bits per heavy atom. The lowest BCUT2D eigenvalue weighted by Gasteiger charge is -2.30. The molecule has 1 aliphatic heterocycles. The molecule has 1 heterocycles. The molecule has 2 N–H and O–H groups in total. The maximum atomic E-state index is 13.5. The molecule has 5 rings (SSSR count). The lowest BCUT2D eigenvalue weighted by atomic mass is 9.78. The van der Waals surface area contributed by atoms with Gasteiger partial charge in [0.25, 0.3) is 0 Å². The number of Topliss-reactive ketones (excluding diaryl/α,β-unsaturated/α-hetero) is 1. The fourth-order valence-electron chi connectivity index (χ4n) is 4.50. The lowest BCUT2D eigenvalue weighted by Crippen LogP contribution is -2.26. The number of benzene rings is 3. The van der Waals surface area contributed by atoms with Gasteiger partial charge in [-0.25, -0.2) is 0 Å². The highest BCUT2D eigenvalue weighted by Crippen LogP contribution is 2.44. The summed E-state index contributed by atoms with van der Waals surface area (Å²) in [4.78, 5) is 13.5. The Kier molecular flexibility index (Phi) is 4.95. The third-order valence-corrected chi connectivity index (χ3v) is 6.53. The van der Waals surface area contributed by atoms with E-state index < -0.39 is 0 Å². The second kappa shape index (κ2) is 7.77. The first-order valence-corrected chi connectivity index (χ1v) is 11.1. The van der Waals surface area contributed by atoms with Crippen LogP contribution in [0.3, 0.4) is 0 Å². The summed E-state index contributed by atoms with van der Waals surface area (Å²) >= 11 is 3.57. The van der Waals surface area contributed by atoms with Crippen molar-refractivity contribution in [3.63, 3.8) is 0 Å². The Bertz CT molecular complexity index is 1150. The minimum absolute atomic E-state index is 0.160. The minimum atomic E-state index is -0.160. The van der Waals surface area contributed by atoms with Crippen LogP contribution in [0.2, 0.25) is 0 Å². The van der Waals surface area contributed by atoms with E-state index in [1.54, 1.807) is 0 Å². The van der Waals surface area contributed by atoms with Gasteiger partial charge >= 0.3 is 0 Å². The zero-order chi connectivity index (χ0) is 20.7. The van der Waals surface area contributed by atoms with Crippen LogP contribution >= 0.6 is 15.9 Å². The zero-order valence-corrected chi connectivity index (χ0v) is 18.4. The van der Waals surface area contributed by atoms with Crippen molar-refractivity contribution in [3.05, 3.63) is 105 Å². The summed E-state index contributed by atoms with van der Waals surface area (Å²) in [6, 6.07) is 24.8. The van der Waals surface area contributed by atoms with Crippen molar-refractivity contribution in [1.82, 2.24) is 0 Å². The van der Waals surface area contributed by atoms with Crippen LogP contribution in [0.15, 0.2) is 88.5 Å². The van der Waals surface area contributed by atoms with Crippen molar-refractivity contribution >= 4 is 33.1 Å². The Morgan fingerprint density at radius 3 is 2.40 bits per heavy atom. The molecule has 0 radical (unpaired) electrons. The molecule has 4 heteroatoms. The summed E-state index contributed by atoms with van der Waals surface area (Å²) in [5.41, 5.74) is 7.45. The number of allylic oxidation sites excluding steroid dienone is 1. The summed E-state index contributed by atoms with van der Waals surface area (Å²) < 4.78 is 1.05. The molecule has 2 atom stereocenters. The van der Waals surface area contributed by atoms with E-state index in [0.717, 1.165) is 39.1 Å². The van der Waals surface area contributed by atoms with Gasteiger partial charge in [-0.2, -0.15) is 0 Å². The van der Waals surface area contributed by atoms with Crippen molar-refractivity contribution in [1.29, 1.82) is 0 Å². The Morgan fingerprint density at radius 2 is 1.63 bits per heavy atom. The zero-order valence-electron chi connectivity index (χ0n) is 16.8. The summed E-state index contributed by atoms with van der Waals surface area (Å²) in [5, 5.41) is 7.24. The maximum absolute atomic E-state index is 13.5. The number of hydrogen-bond donors (Lipinski definition) is 2. The average molecular weight is 459 g/mol. The average Bonchev–Trinajstić information content (AvgIpc) is 2.91. The molecule has 3 aromatic rings. The molecule has 0 unspecified atom stereocenters. The van der Waals surface area contributed by atoms with Crippen LogP contribution in [0.25, 0.3) is 0 Å². The van der Waals surface area contributed by atoms with Crippen LogP contribution in [-0.4, -0.2) is 5.78 Å². The standard InChI is InChI=1S/C26H23BrN2O/c1-16-9-11-17(12-10-16)26-25-23(28-21-7-2-3-8-22(21)29-26)14-19(15-24(25)30)18-5-4-6-20(27)13-18/h2-13,19,26,28-29H,14-15H2,1H3/t19-,26-/m0/s1. The summed E-state index contributed by atoms with van der Waals surface area (Å²) in [7, 11) is 0. The maximum Gasteiger partial charge on any atom is 0.163 e. The molecular weight excluding hydrogens is 436 g/mol. The highest BCUT2D eigenvalue weighted by atomic mass is 79.9. The fraction of sp³-hybridized carbons (Fsp3) is 0.192. The van der Waals surface area contributed by atoms with Gasteiger partial charge in [-0.05, 0) is 54.7 Å². The molecule has 0 bridgehead atoms. The SMILES string of the molecule is Cc1ccc([C@@H]2Nc3ccccc3NC3=C2C(=O)C[C@@H](c2cccc(Br)c2)C3)cc1. The smallest absolute Gasteiger partial charge is 0.163 e. The second-order valence-electron chi connectivity index (χ2n) is 8.13. The first-order chi connectivity index (χ1) is 14.6. The number of nitrogens with one attached hydrogen (secondary N) is 2. The van der Waals surface area contributed by atoms with Gasteiger partial charge in [-0.15, -0.1) is 0 Å². The number of carbonyl (C=O) groups excluding carboxylic acids is 1. The van der Waals surface area contributed by atoms with Crippen molar-refractivity contribution in [2.75, 3.05) is 10.6 Å². The molecule has 0 saturated carbocycles. The summed E-state index contributed by atoms with van der Waals surface area (Å²) in [6.45, 7) is 2.08. The van der Waals surface area contributed by atoms with Gasteiger partial charge < -0.3 is 10.6 Å². The van der Waals surface area contributed by atoms with Crippen LogP contribution < -0.4 is 10.6 Å². The van der Waals surface area contributed by atoms with Gasteiger partial charge in [0.15, 0.2) is 5.78 Å². The van der Waals surface area contributed by atoms with Gasteiger partial charge in [-0.3, -0.25) is 4.79 Å². The van der Waals surface area contributed by atoms with E-state index in [4.69, 9.17) is 0 Å². The number of aryl methyl sites for hydroxylation is 1. The third kappa shape index (κ3) is 3.56. The largest absolute Gasteiger partial charge is 0.372 e. The van der Waals surface area contributed by atoms with Crippen molar-refractivity contribution in [2.24, 2.45) is 0 Å². The summed E-state index contributed by atoms with van der Waals surface area (Å²) in [6.07, 6.45) is 1.34. The molecule has 150 valence electrons. The molecule has 0 spiro atoms. The van der Waals surface area contributed by atoms with Gasteiger partial charge in [0.05, 0.1) is 17.4 Å². The molecule has 30 heavy (non-hydrogen) atoms. The lowest BCUT2D eigenvalue weighted by molar-refractivity contribution is -0.116. The Hall–Kier alpha value is -2.85. The molecule has 0 saturated heterocycles. The van der Waals surface area contributed by atoms with E-state index in [1.165, 1.54) is 11.1 Å². The predicted octanol–water partition coefficient (Wildman–Crippen LogP) is 6.74. The van der Waals surface area contributed by atoms with E-state index >= 15 is 0 Å². The first-order valence-electron chi connectivity index (χ1n) is 10.3. The number of anilines is 2. The molecule has 3 nitrogen and oxygen atoms in total. The monoisotopic (exact) mass is 458 g/mol. The Labute approximate surface area is 185 Å². The summed E-state index contributed by atoms with van der Waals surface area (Å²) in [5.74, 6) is 0.379. The van der Waals surface area contributed by atoms with Gasteiger partial charge in [0, 0.05) is 22.2 Å². The molecule has 1 aliphatic carbocycles. The number of para-hydroxylation sites is 2. The van der Waals surface area contributed by atoms with Crippen molar-refractivity contribution in [2.45, 2.75) is 31.7 Å². The van der Waals surface area contributed by atoms with E-state index in [9.17, 15) is 4.79 Å². The molecule has 0 aromatic heterocycles. The number of fused-ring (bicyclic) bond motifs is 1. The van der Waals surface area contributed by atoms with Gasteiger partial charge in [0.1, 0.15) is 0 Å². The van der Waals surface area contributed by atoms with Crippen molar-refractivity contribution in [3.8, 4) is 0 Å². The van der Waals surface area contributed by atoms with Crippen LogP contribution in [0.1, 0.15) is 41.5 Å². The quantitative estimate of drug-likeness (QED) is 0.446. The highest BCUT2D eigenvalue weighted by Gasteiger charge is 2.36. The normalized spacial score (nSPS) is 20.5. The fourth-order valence-corrected chi connectivity index (χ4v) is 4.91. The number of rotatable bonds is 2. The molecule has 0 amide bonds. The second-order valence-corrected chi connectivity index (χ2v) is 9.05. The van der Waals surface area contributed by atoms with Crippen LogP contribution in [0.5, 0.6) is 0 Å². The topological polar surface area (TPSA) is 41.1 Å². The van der Waals surface area contributed by atoms with E-state index in [2.05, 4.69) is 82.0 Å². The minimum Gasteiger partial charge on any atom is -0.372 e. The molecule has 2 aliphatic rings. The van der Waals surface area contributed by atoms with E-state index in [0.29, 0.717) is 6.42 Å². The van der Waals surface area contributed by atoms with Gasteiger partial charge in [0.2, 0.25) is 0 Å². The number of hydrogen-bond acceptors (Lipinski definition) is 3. The first kappa shape index (κ1) is 19.1. The molecule has 3 aromatic carbocycles. The molecular formula is C26H23BrN2O. The Balaban J connectivity index is 1.61. The van der Waals surface area contributed by atoms with Gasteiger partial charge in [-0.1, -0.05) is 70.0 Å². The number of halogens is 1. The third-order valence-electron chi connectivity index (χ3n) is 6.04. The van der Waals surface area contributed by atoms with Crippen LogP contribution in [0, 0.1) is 6.92 Å². The predicted molar refractivity (Wildman–Crippen MR) is 126 cm³/mol. The van der Waals surface area contributed by atoms with Crippen LogP contribution in [0.4, 0.5) is 11.4 Å². The van der Waals surface area contributed by atoms with Crippen molar-refractivity contribution < 1.29 is 4.79 Å². The number of ketones is 1. The van der Waals surface area contributed by atoms with Crippen LogP contribution in [-0.2, 0) is 4.79 Å². The molecule has 0 fully saturated rings. The van der Waals surface area contributed by atoms with E-state index in [1.807, 2.05) is 24.3 Å².